The zero-order valence-corrected chi connectivity index (χ0v) is 9.77. The molecule has 0 aromatic rings. The van der Waals surface area contributed by atoms with Crippen LogP contribution in [0.1, 0.15) is 39.0 Å². The first kappa shape index (κ1) is 11.0. The zero-order chi connectivity index (χ0) is 9.68. The highest BCUT2D eigenvalue weighted by Crippen LogP contribution is 2.29. The Bertz CT molecular complexity index is 172. The smallest absolute Gasteiger partial charge is 0.219 e. The summed E-state index contributed by atoms with van der Waals surface area (Å²) in [5, 5.41) is 2.99. The number of carbonyl (C=O) groups is 1. The van der Waals surface area contributed by atoms with Crippen LogP contribution in [0.4, 0.5) is 0 Å². The lowest BCUT2D eigenvalue weighted by molar-refractivity contribution is -0.121. The SMILES string of the molecule is CCCC(=O)NCC1CCC(Br)C1. The molecule has 2 atom stereocenters. The summed E-state index contributed by atoms with van der Waals surface area (Å²) in [4.78, 5) is 11.8. The summed E-state index contributed by atoms with van der Waals surface area (Å²) in [6.45, 7) is 2.91. The minimum Gasteiger partial charge on any atom is -0.356 e. The fourth-order valence-electron chi connectivity index (χ4n) is 1.77. The summed E-state index contributed by atoms with van der Waals surface area (Å²) in [7, 11) is 0. The molecule has 0 aromatic carbocycles. The summed E-state index contributed by atoms with van der Waals surface area (Å²) in [6, 6.07) is 0. The molecule has 1 N–H and O–H groups in total. The maximum atomic E-state index is 11.2. The Morgan fingerprint density at radius 3 is 2.85 bits per heavy atom. The van der Waals surface area contributed by atoms with Crippen LogP contribution in [0.25, 0.3) is 0 Å². The van der Waals surface area contributed by atoms with Gasteiger partial charge in [0.1, 0.15) is 0 Å². The standard InChI is InChI=1S/C10H18BrNO/c1-2-3-10(13)12-7-8-4-5-9(11)6-8/h8-9H,2-7H2,1H3,(H,12,13). The number of alkyl halides is 1. The molecule has 2 nitrogen and oxygen atoms in total. The third-order valence-electron chi connectivity index (χ3n) is 2.54. The van der Waals surface area contributed by atoms with Crippen LogP contribution >= 0.6 is 15.9 Å². The fourth-order valence-corrected chi connectivity index (χ4v) is 2.57. The van der Waals surface area contributed by atoms with E-state index < -0.39 is 0 Å². The highest BCUT2D eigenvalue weighted by Gasteiger charge is 2.22. The van der Waals surface area contributed by atoms with Gasteiger partial charge in [0.05, 0.1) is 0 Å². The highest BCUT2D eigenvalue weighted by molar-refractivity contribution is 9.09. The molecule has 1 fully saturated rings. The lowest BCUT2D eigenvalue weighted by Gasteiger charge is -2.10. The van der Waals surface area contributed by atoms with Gasteiger partial charge < -0.3 is 5.32 Å². The van der Waals surface area contributed by atoms with Crippen molar-refractivity contribution in [1.82, 2.24) is 5.32 Å². The number of nitrogens with one attached hydrogen (secondary N) is 1. The van der Waals surface area contributed by atoms with Gasteiger partial charge in [0.15, 0.2) is 0 Å². The average molecular weight is 248 g/mol. The van der Waals surface area contributed by atoms with Crippen molar-refractivity contribution in [1.29, 1.82) is 0 Å². The molecule has 1 rings (SSSR count). The second kappa shape index (κ2) is 5.63. The van der Waals surface area contributed by atoms with Gasteiger partial charge in [0.2, 0.25) is 5.91 Å². The van der Waals surface area contributed by atoms with E-state index in [1.165, 1.54) is 19.3 Å². The molecular weight excluding hydrogens is 230 g/mol. The van der Waals surface area contributed by atoms with Crippen molar-refractivity contribution >= 4 is 21.8 Å². The summed E-state index contributed by atoms with van der Waals surface area (Å²) in [6.07, 6.45) is 5.34. The van der Waals surface area contributed by atoms with Gasteiger partial charge in [-0.25, -0.2) is 0 Å². The van der Waals surface area contributed by atoms with Gasteiger partial charge in [-0.1, -0.05) is 22.9 Å². The van der Waals surface area contributed by atoms with Crippen LogP contribution in [0.3, 0.4) is 0 Å². The topological polar surface area (TPSA) is 29.1 Å². The Morgan fingerprint density at radius 1 is 1.54 bits per heavy atom. The fraction of sp³-hybridized carbons (Fsp3) is 0.900. The number of hydrogen-bond donors (Lipinski definition) is 1. The molecule has 13 heavy (non-hydrogen) atoms. The molecule has 0 bridgehead atoms. The summed E-state index contributed by atoms with van der Waals surface area (Å²) < 4.78 is 0. The van der Waals surface area contributed by atoms with Crippen LogP contribution in [-0.2, 0) is 4.79 Å². The Labute approximate surface area is 88.6 Å². The zero-order valence-electron chi connectivity index (χ0n) is 8.18. The molecule has 1 amide bonds. The van der Waals surface area contributed by atoms with Crippen LogP contribution in [-0.4, -0.2) is 17.3 Å². The maximum Gasteiger partial charge on any atom is 0.219 e. The van der Waals surface area contributed by atoms with Gasteiger partial charge in [0, 0.05) is 17.8 Å². The van der Waals surface area contributed by atoms with E-state index in [1.54, 1.807) is 0 Å². The minimum absolute atomic E-state index is 0.209. The number of rotatable bonds is 4. The predicted molar refractivity (Wildman–Crippen MR) is 58.0 cm³/mol. The predicted octanol–water partition coefficient (Wildman–Crippen LogP) is 2.47. The van der Waals surface area contributed by atoms with Crippen LogP contribution < -0.4 is 5.32 Å². The molecule has 76 valence electrons. The van der Waals surface area contributed by atoms with E-state index >= 15 is 0 Å². The molecule has 3 heteroatoms. The van der Waals surface area contributed by atoms with Crippen molar-refractivity contribution in [2.75, 3.05) is 6.54 Å². The van der Waals surface area contributed by atoms with Gasteiger partial charge >= 0.3 is 0 Å². The number of carbonyl (C=O) groups excluding carboxylic acids is 1. The second-order valence-corrected chi connectivity index (χ2v) is 5.13. The number of hydrogen-bond acceptors (Lipinski definition) is 1. The molecule has 1 aliphatic rings. The normalized spacial score (nSPS) is 27.5. The van der Waals surface area contributed by atoms with E-state index in [0.29, 0.717) is 17.2 Å². The van der Waals surface area contributed by atoms with Crippen molar-refractivity contribution in [2.24, 2.45) is 5.92 Å². The molecule has 2 unspecified atom stereocenters. The summed E-state index contributed by atoms with van der Waals surface area (Å²) in [5.41, 5.74) is 0. The van der Waals surface area contributed by atoms with Gasteiger partial charge in [-0.2, -0.15) is 0 Å². The molecule has 0 saturated heterocycles. The first-order valence-corrected chi connectivity index (χ1v) is 6.04. The largest absolute Gasteiger partial charge is 0.356 e. The van der Waals surface area contributed by atoms with E-state index in [0.717, 1.165) is 13.0 Å². The number of amides is 1. The van der Waals surface area contributed by atoms with Crippen LogP contribution in [0, 0.1) is 5.92 Å². The molecule has 1 saturated carbocycles. The minimum atomic E-state index is 0.209. The van der Waals surface area contributed by atoms with E-state index in [4.69, 9.17) is 0 Å². The molecule has 0 aromatic heterocycles. The van der Waals surface area contributed by atoms with Crippen LogP contribution in [0.5, 0.6) is 0 Å². The number of halogens is 1. The lowest BCUT2D eigenvalue weighted by atomic mass is 10.1. The quantitative estimate of drug-likeness (QED) is 0.761. The van der Waals surface area contributed by atoms with Crippen molar-refractivity contribution in [3.05, 3.63) is 0 Å². The molecular formula is C10H18BrNO. The Kier molecular flexibility index (Phi) is 4.78. The second-order valence-electron chi connectivity index (χ2n) is 3.83. The van der Waals surface area contributed by atoms with Crippen molar-refractivity contribution in [3.63, 3.8) is 0 Å². The van der Waals surface area contributed by atoms with E-state index in [9.17, 15) is 4.79 Å². The van der Waals surface area contributed by atoms with E-state index in [1.807, 2.05) is 6.92 Å². The Balaban J connectivity index is 2.09. The summed E-state index contributed by atoms with van der Waals surface area (Å²) >= 11 is 3.60. The van der Waals surface area contributed by atoms with Crippen LogP contribution in [0.2, 0.25) is 0 Å². The Morgan fingerprint density at radius 2 is 2.31 bits per heavy atom. The van der Waals surface area contributed by atoms with Crippen molar-refractivity contribution < 1.29 is 4.79 Å². The molecule has 0 heterocycles. The Hall–Kier alpha value is -0.0500. The van der Waals surface area contributed by atoms with E-state index in [-0.39, 0.29) is 5.91 Å². The highest BCUT2D eigenvalue weighted by atomic mass is 79.9. The molecule has 1 aliphatic carbocycles. The average Bonchev–Trinajstić information content (AvgIpc) is 2.49. The first-order chi connectivity index (χ1) is 6.22. The monoisotopic (exact) mass is 247 g/mol. The summed E-state index contributed by atoms with van der Waals surface area (Å²) in [5.74, 6) is 0.908. The van der Waals surface area contributed by atoms with Gasteiger partial charge in [0.25, 0.3) is 0 Å². The third kappa shape index (κ3) is 4.12. The first-order valence-electron chi connectivity index (χ1n) is 5.13. The van der Waals surface area contributed by atoms with Gasteiger partial charge in [-0.05, 0) is 31.6 Å². The van der Waals surface area contributed by atoms with Gasteiger partial charge in [-0.15, -0.1) is 0 Å². The lowest BCUT2D eigenvalue weighted by Crippen LogP contribution is -2.28. The molecule has 0 aliphatic heterocycles. The molecule has 0 radical (unpaired) electrons. The third-order valence-corrected chi connectivity index (χ3v) is 3.37. The van der Waals surface area contributed by atoms with E-state index in [2.05, 4.69) is 21.2 Å². The molecule has 0 spiro atoms. The van der Waals surface area contributed by atoms with Crippen LogP contribution in [0.15, 0.2) is 0 Å². The maximum absolute atomic E-state index is 11.2. The van der Waals surface area contributed by atoms with Gasteiger partial charge in [-0.3, -0.25) is 4.79 Å². The van der Waals surface area contributed by atoms with Crippen molar-refractivity contribution in [3.8, 4) is 0 Å². The van der Waals surface area contributed by atoms with Crippen molar-refractivity contribution in [2.45, 2.75) is 43.9 Å².